The molecular formula is C12H14F3N5. The highest BCUT2D eigenvalue weighted by molar-refractivity contribution is 5.46. The molecule has 0 saturated heterocycles. The monoisotopic (exact) mass is 285 g/mol. The maximum absolute atomic E-state index is 13.4. The molecular weight excluding hydrogens is 271 g/mol. The Morgan fingerprint density at radius 3 is 2.55 bits per heavy atom. The van der Waals surface area contributed by atoms with Crippen LogP contribution in [0.2, 0.25) is 0 Å². The largest absolute Gasteiger partial charge is 0.373 e. The van der Waals surface area contributed by atoms with Gasteiger partial charge in [0, 0.05) is 18.7 Å². The number of hydrogen-bond acceptors (Lipinski definition) is 4. The molecule has 108 valence electrons. The van der Waals surface area contributed by atoms with E-state index >= 15 is 0 Å². The highest BCUT2D eigenvalue weighted by Crippen LogP contribution is 2.20. The zero-order valence-corrected chi connectivity index (χ0v) is 10.9. The summed E-state index contributed by atoms with van der Waals surface area (Å²) in [6.45, 7) is 2.72. The number of rotatable bonds is 6. The van der Waals surface area contributed by atoms with Gasteiger partial charge in [0.2, 0.25) is 0 Å². The minimum atomic E-state index is -0.991. The first-order valence-corrected chi connectivity index (χ1v) is 6.25. The van der Waals surface area contributed by atoms with Crippen molar-refractivity contribution >= 4 is 5.69 Å². The van der Waals surface area contributed by atoms with Crippen molar-refractivity contribution in [2.24, 2.45) is 0 Å². The van der Waals surface area contributed by atoms with E-state index in [1.165, 1.54) is 0 Å². The Kier molecular flexibility index (Phi) is 4.54. The summed E-state index contributed by atoms with van der Waals surface area (Å²) in [6, 6.07) is 1.23. The SMILES string of the molecule is CCCCn1nnnc1CNc1c(F)cc(F)cc1F. The van der Waals surface area contributed by atoms with Crippen molar-refractivity contribution in [1.82, 2.24) is 20.2 Å². The summed E-state index contributed by atoms with van der Waals surface area (Å²) >= 11 is 0. The third-order valence-electron chi connectivity index (χ3n) is 2.76. The fourth-order valence-corrected chi connectivity index (χ4v) is 1.71. The number of tetrazole rings is 1. The van der Waals surface area contributed by atoms with Gasteiger partial charge < -0.3 is 5.32 Å². The van der Waals surface area contributed by atoms with Crippen LogP contribution in [-0.2, 0) is 13.1 Å². The fourth-order valence-electron chi connectivity index (χ4n) is 1.71. The van der Waals surface area contributed by atoms with Crippen molar-refractivity contribution in [1.29, 1.82) is 0 Å². The standard InChI is InChI=1S/C12H14F3N5/c1-2-3-4-20-11(17-18-19-20)7-16-12-9(14)5-8(13)6-10(12)15/h5-6,16H,2-4,7H2,1H3. The Morgan fingerprint density at radius 2 is 1.90 bits per heavy atom. The summed E-state index contributed by atoms with van der Waals surface area (Å²) in [5, 5.41) is 13.6. The summed E-state index contributed by atoms with van der Waals surface area (Å²) in [5.41, 5.74) is -0.392. The van der Waals surface area contributed by atoms with Crippen LogP contribution >= 0.6 is 0 Å². The number of nitrogens with zero attached hydrogens (tertiary/aromatic N) is 4. The molecule has 5 nitrogen and oxygen atoms in total. The summed E-state index contributed by atoms with van der Waals surface area (Å²) in [4.78, 5) is 0. The van der Waals surface area contributed by atoms with E-state index in [-0.39, 0.29) is 6.54 Å². The van der Waals surface area contributed by atoms with E-state index in [9.17, 15) is 13.2 Å². The number of nitrogens with one attached hydrogen (secondary N) is 1. The molecule has 0 spiro atoms. The molecule has 20 heavy (non-hydrogen) atoms. The van der Waals surface area contributed by atoms with Crippen LogP contribution in [0.3, 0.4) is 0 Å². The molecule has 0 radical (unpaired) electrons. The minimum absolute atomic E-state index is 0.0518. The van der Waals surface area contributed by atoms with Crippen LogP contribution in [-0.4, -0.2) is 20.2 Å². The third-order valence-corrected chi connectivity index (χ3v) is 2.76. The van der Waals surface area contributed by atoms with Gasteiger partial charge in [-0.2, -0.15) is 0 Å². The Hall–Kier alpha value is -2.12. The predicted octanol–water partition coefficient (Wildman–Crippen LogP) is 2.50. The molecule has 8 heteroatoms. The van der Waals surface area contributed by atoms with Gasteiger partial charge in [-0.1, -0.05) is 13.3 Å². The molecule has 2 rings (SSSR count). The van der Waals surface area contributed by atoms with Gasteiger partial charge in [0.1, 0.15) is 11.5 Å². The zero-order valence-electron chi connectivity index (χ0n) is 10.9. The molecule has 0 fully saturated rings. The summed E-state index contributed by atoms with van der Waals surface area (Å²) in [6.07, 6.45) is 1.88. The summed E-state index contributed by atoms with van der Waals surface area (Å²) in [7, 11) is 0. The quantitative estimate of drug-likeness (QED) is 0.886. The predicted molar refractivity (Wildman–Crippen MR) is 66.4 cm³/mol. The second-order valence-corrected chi connectivity index (χ2v) is 4.27. The minimum Gasteiger partial charge on any atom is -0.373 e. The Morgan fingerprint density at radius 1 is 1.20 bits per heavy atom. The number of unbranched alkanes of at least 4 members (excludes halogenated alkanes) is 1. The molecule has 0 aliphatic heterocycles. The van der Waals surface area contributed by atoms with Crippen LogP contribution in [0.15, 0.2) is 12.1 Å². The van der Waals surface area contributed by atoms with E-state index in [1.807, 2.05) is 6.92 Å². The lowest BCUT2D eigenvalue weighted by atomic mass is 10.2. The van der Waals surface area contributed by atoms with Gasteiger partial charge in [-0.05, 0) is 16.8 Å². The molecule has 0 aliphatic carbocycles. The first-order chi connectivity index (χ1) is 9.61. The molecule has 1 aromatic carbocycles. The Labute approximate surface area is 113 Å². The van der Waals surface area contributed by atoms with Crippen molar-refractivity contribution < 1.29 is 13.2 Å². The molecule has 0 saturated carbocycles. The number of halogens is 3. The van der Waals surface area contributed by atoms with E-state index in [0.717, 1.165) is 12.8 Å². The van der Waals surface area contributed by atoms with E-state index in [0.29, 0.717) is 24.5 Å². The molecule has 0 atom stereocenters. The lowest BCUT2D eigenvalue weighted by molar-refractivity contribution is 0.531. The van der Waals surface area contributed by atoms with Crippen molar-refractivity contribution in [3.05, 3.63) is 35.4 Å². The van der Waals surface area contributed by atoms with Crippen LogP contribution in [0, 0.1) is 17.5 Å². The van der Waals surface area contributed by atoms with E-state index in [4.69, 9.17) is 0 Å². The number of anilines is 1. The fraction of sp³-hybridized carbons (Fsp3) is 0.417. The van der Waals surface area contributed by atoms with Crippen LogP contribution in [0.1, 0.15) is 25.6 Å². The lowest BCUT2D eigenvalue weighted by Gasteiger charge is -2.09. The van der Waals surface area contributed by atoms with E-state index in [1.54, 1.807) is 4.68 Å². The van der Waals surface area contributed by atoms with Crippen molar-refractivity contribution in [3.63, 3.8) is 0 Å². The number of benzene rings is 1. The normalized spacial score (nSPS) is 10.8. The number of aryl methyl sites for hydroxylation is 1. The van der Waals surface area contributed by atoms with Crippen molar-refractivity contribution in [2.45, 2.75) is 32.9 Å². The molecule has 0 bridgehead atoms. The Bertz CT molecular complexity index is 561. The smallest absolute Gasteiger partial charge is 0.170 e. The average Bonchev–Trinajstić information content (AvgIpc) is 2.82. The average molecular weight is 285 g/mol. The van der Waals surface area contributed by atoms with Gasteiger partial charge in [0.25, 0.3) is 0 Å². The maximum atomic E-state index is 13.4. The maximum Gasteiger partial charge on any atom is 0.170 e. The van der Waals surface area contributed by atoms with Gasteiger partial charge in [-0.3, -0.25) is 0 Å². The molecule has 1 N–H and O–H groups in total. The third kappa shape index (κ3) is 3.25. The van der Waals surface area contributed by atoms with Crippen molar-refractivity contribution in [3.8, 4) is 0 Å². The lowest BCUT2D eigenvalue weighted by Crippen LogP contribution is -2.12. The van der Waals surface area contributed by atoms with Crippen LogP contribution in [0.5, 0.6) is 0 Å². The van der Waals surface area contributed by atoms with Crippen LogP contribution in [0.4, 0.5) is 18.9 Å². The van der Waals surface area contributed by atoms with E-state index < -0.39 is 23.1 Å². The topological polar surface area (TPSA) is 55.6 Å². The molecule has 1 heterocycles. The second-order valence-electron chi connectivity index (χ2n) is 4.27. The van der Waals surface area contributed by atoms with Crippen molar-refractivity contribution in [2.75, 3.05) is 5.32 Å². The molecule has 1 aromatic heterocycles. The van der Waals surface area contributed by atoms with Gasteiger partial charge in [0.05, 0.1) is 6.54 Å². The molecule has 0 aliphatic rings. The van der Waals surface area contributed by atoms with Crippen LogP contribution < -0.4 is 5.32 Å². The van der Waals surface area contributed by atoms with Gasteiger partial charge >= 0.3 is 0 Å². The van der Waals surface area contributed by atoms with Gasteiger partial charge in [-0.15, -0.1) is 5.10 Å². The van der Waals surface area contributed by atoms with Gasteiger partial charge in [0.15, 0.2) is 17.5 Å². The van der Waals surface area contributed by atoms with E-state index in [2.05, 4.69) is 20.8 Å². The molecule has 0 unspecified atom stereocenters. The first kappa shape index (κ1) is 14.3. The van der Waals surface area contributed by atoms with Gasteiger partial charge in [-0.25, -0.2) is 17.9 Å². The number of aromatic nitrogens is 4. The zero-order chi connectivity index (χ0) is 14.5. The summed E-state index contributed by atoms with van der Waals surface area (Å²) in [5.74, 6) is -2.48. The first-order valence-electron chi connectivity index (χ1n) is 6.25. The van der Waals surface area contributed by atoms with Crippen LogP contribution in [0.25, 0.3) is 0 Å². The summed E-state index contributed by atoms with van der Waals surface area (Å²) < 4.78 is 41.2. The second kappa shape index (κ2) is 6.36. The number of hydrogen-bond donors (Lipinski definition) is 1. The molecule has 2 aromatic rings. The highest BCUT2D eigenvalue weighted by Gasteiger charge is 2.13. The highest BCUT2D eigenvalue weighted by atomic mass is 19.1. The Balaban J connectivity index is 2.07. The molecule has 0 amide bonds.